The van der Waals surface area contributed by atoms with Gasteiger partial charge in [0.15, 0.2) is 0 Å². The zero-order valence-corrected chi connectivity index (χ0v) is 12.6. The second-order valence-electron chi connectivity index (χ2n) is 6.71. The van der Waals surface area contributed by atoms with E-state index in [2.05, 4.69) is 22.8 Å². The van der Waals surface area contributed by atoms with Crippen LogP contribution < -0.4 is 0 Å². The van der Waals surface area contributed by atoms with Gasteiger partial charge in [-0.15, -0.1) is 0 Å². The summed E-state index contributed by atoms with van der Waals surface area (Å²) in [5.41, 5.74) is 1.75. The minimum Gasteiger partial charge on any atom is -0.298 e. The second kappa shape index (κ2) is 6.41. The third-order valence-electron chi connectivity index (χ3n) is 5.48. The summed E-state index contributed by atoms with van der Waals surface area (Å²) in [7, 11) is 0. The van der Waals surface area contributed by atoms with E-state index in [-0.39, 0.29) is 0 Å². The molecule has 2 unspecified atom stereocenters. The first-order valence-corrected chi connectivity index (χ1v) is 8.53. The molecule has 2 fully saturated rings. The van der Waals surface area contributed by atoms with Gasteiger partial charge in [0.1, 0.15) is 0 Å². The summed E-state index contributed by atoms with van der Waals surface area (Å²) in [6.45, 7) is 7.72. The lowest BCUT2D eigenvalue weighted by Crippen LogP contribution is -2.55. The van der Waals surface area contributed by atoms with E-state index in [1.54, 1.807) is 5.57 Å². The molecule has 0 amide bonds. The molecule has 3 aliphatic rings. The van der Waals surface area contributed by atoms with Gasteiger partial charge < -0.3 is 0 Å². The van der Waals surface area contributed by atoms with Crippen molar-refractivity contribution in [3.05, 3.63) is 11.6 Å². The molecule has 0 radical (unpaired) electrons. The van der Waals surface area contributed by atoms with Crippen LogP contribution in [0, 0.1) is 0 Å². The Labute approximate surface area is 118 Å². The first kappa shape index (κ1) is 13.6. The average Bonchev–Trinajstić information content (AvgIpc) is 2.92. The van der Waals surface area contributed by atoms with Crippen LogP contribution >= 0.6 is 0 Å². The third-order valence-corrected chi connectivity index (χ3v) is 5.48. The van der Waals surface area contributed by atoms with Crippen LogP contribution in [0.2, 0.25) is 0 Å². The summed E-state index contributed by atoms with van der Waals surface area (Å²) >= 11 is 0. The normalized spacial score (nSPS) is 33.2. The maximum absolute atomic E-state index is 2.81. The maximum atomic E-state index is 2.81. The van der Waals surface area contributed by atoms with Gasteiger partial charge in [-0.25, -0.2) is 0 Å². The van der Waals surface area contributed by atoms with Crippen molar-refractivity contribution < 1.29 is 0 Å². The Morgan fingerprint density at radius 3 is 2.95 bits per heavy atom. The SMILES string of the molecule is CCC1CN2CCCC2CN1CCC1=CCCCC1. The quantitative estimate of drug-likeness (QED) is 0.716. The van der Waals surface area contributed by atoms with Crippen molar-refractivity contribution in [1.29, 1.82) is 0 Å². The molecule has 1 aliphatic carbocycles. The van der Waals surface area contributed by atoms with E-state index in [1.807, 2.05) is 0 Å². The molecular formula is C17H30N2. The first-order valence-electron chi connectivity index (χ1n) is 8.53. The van der Waals surface area contributed by atoms with Crippen molar-refractivity contribution >= 4 is 0 Å². The average molecular weight is 262 g/mol. The van der Waals surface area contributed by atoms with E-state index in [0.29, 0.717) is 0 Å². The van der Waals surface area contributed by atoms with Crippen LogP contribution in [0.25, 0.3) is 0 Å². The van der Waals surface area contributed by atoms with Crippen molar-refractivity contribution in [3.63, 3.8) is 0 Å². The zero-order valence-electron chi connectivity index (χ0n) is 12.6. The monoisotopic (exact) mass is 262 g/mol. The van der Waals surface area contributed by atoms with Crippen molar-refractivity contribution in [1.82, 2.24) is 9.80 Å². The van der Waals surface area contributed by atoms with Gasteiger partial charge in [0.25, 0.3) is 0 Å². The standard InChI is InChI=1S/C17H30N2/c1-2-16-13-18-11-6-9-17(18)14-19(16)12-10-15-7-4-3-5-8-15/h7,16-17H,2-6,8-14H2,1H3. The van der Waals surface area contributed by atoms with Crippen molar-refractivity contribution in [2.45, 2.75) is 70.4 Å². The summed E-state index contributed by atoms with van der Waals surface area (Å²) in [6.07, 6.45) is 13.6. The Hall–Kier alpha value is -0.340. The highest BCUT2D eigenvalue weighted by molar-refractivity contribution is 5.06. The lowest BCUT2D eigenvalue weighted by molar-refractivity contribution is 0.0499. The summed E-state index contributed by atoms with van der Waals surface area (Å²) < 4.78 is 0. The number of piperazine rings is 1. The topological polar surface area (TPSA) is 6.48 Å². The second-order valence-corrected chi connectivity index (χ2v) is 6.71. The van der Waals surface area contributed by atoms with Crippen LogP contribution in [0.3, 0.4) is 0 Å². The molecule has 0 spiro atoms. The van der Waals surface area contributed by atoms with Crippen LogP contribution in [0.5, 0.6) is 0 Å². The predicted octanol–water partition coefficient (Wildman–Crippen LogP) is 3.44. The Bertz CT molecular complexity index is 323. The fraction of sp³-hybridized carbons (Fsp3) is 0.882. The molecule has 0 aromatic heterocycles. The summed E-state index contributed by atoms with van der Waals surface area (Å²) in [4.78, 5) is 5.56. The molecule has 0 N–H and O–H groups in total. The van der Waals surface area contributed by atoms with Crippen LogP contribution in [0.1, 0.15) is 58.3 Å². The third kappa shape index (κ3) is 3.22. The molecule has 2 heterocycles. The number of rotatable bonds is 4. The molecule has 0 bridgehead atoms. The molecule has 0 saturated carbocycles. The maximum Gasteiger partial charge on any atom is 0.0224 e. The number of allylic oxidation sites excluding steroid dienone is 1. The lowest BCUT2D eigenvalue weighted by atomic mass is 9.96. The molecular weight excluding hydrogens is 232 g/mol. The van der Waals surface area contributed by atoms with Gasteiger partial charge in [0, 0.05) is 31.7 Å². The number of nitrogens with zero attached hydrogens (tertiary/aromatic N) is 2. The largest absolute Gasteiger partial charge is 0.298 e. The fourth-order valence-corrected chi connectivity index (χ4v) is 4.23. The van der Waals surface area contributed by atoms with Crippen LogP contribution in [0.15, 0.2) is 11.6 Å². The van der Waals surface area contributed by atoms with E-state index < -0.39 is 0 Å². The molecule has 0 aromatic carbocycles. The smallest absolute Gasteiger partial charge is 0.0224 e. The molecule has 0 aromatic rings. The van der Waals surface area contributed by atoms with Crippen LogP contribution in [0.4, 0.5) is 0 Å². The summed E-state index contributed by atoms with van der Waals surface area (Å²) in [5.74, 6) is 0. The molecule has 2 saturated heterocycles. The van der Waals surface area contributed by atoms with E-state index in [0.717, 1.165) is 12.1 Å². The van der Waals surface area contributed by atoms with Gasteiger partial charge >= 0.3 is 0 Å². The first-order chi connectivity index (χ1) is 9.36. The predicted molar refractivity (Wildman–Crippen MR) is 81.4 cm³/mol. The van der Waals surface area contributed by atoms with E-state index in [9.17, 15) is 0 Å². The molecule has 19 heavy (non-hydrogen) atoms. The molecule has 108 valence electrons. The van der Waals surface area contributed by atoms with E-state index in [4.69, 9.17) is 0 Å². The van der Waals surface area contributed by atoms with Crippen LogP contribution in [-0.2, 0) is 0 Å². The highest BCUT2D eigenvalue weighted by atomic mass is 15.3. The zero-order chi connectivity index (χ0) is 13.1. The van der Waals surface area contributed by atoms with Crippen molar-refractivity contribution in [2.24, 2.45) is 0 Å². The minimum atomic E-state index is 0.818. The Balaban J connectivity index is 1.54. The summed E-state index contributed by atoms with van der Waals surface area (Å²) in [5, 5.41) is 0. The Morgan fingerprint density at radius 1 is 1.21 bits per heavy atom. The van der Waals surface area contributed by atoms with Crippen molar-refractivity contribution in [3.8, 4) is 0 Å². The molecule has 2 nitrogen and oxygen atoms in total. The Morgan fingerprint density at radius 2 is 2.16 bits per heavy atom. The molecule has 2 heteroatoms. The molecule has 3 rings (SSSR count). The molecule has 2 aliphatic heterocycles. The van der Waals surface area contributed by atoms with Crippen LogP contribution in [-0.4, -0.2) is 48.1 Å². The van der Waals surface area contributed by atoms with Gasteiger partial charge in [0.05, 0.1) is 0 Å². The van der Waals surface area contributed by atoms with Crippen molar-refractivity contribution in [2.75, 3.05) is 26.2 Å². The van der Waals surface area contributed by atoms with Gasteiger partial charge in [-0.3, -0.25) is 9.80 Å². The fourth-order valence-electron chi connectivity index (χ4n) is 4.23. The van der Waals surface area contributed by atoms with Gasteiger partial charge in [-0.2, -0.15) is 0 Å². The highest BCUT2D eigenvalue weighted by Crippen LogP contribution is 2.27. The Kier molecular flexibility index (Phi) is 4.60. The molecule has 2 atom stereocenters. The van der Waals surface area contributed by atoms with E-state index >= 15 is 0 Å². The van der Waals surface area contributed by atoms with E-state index in [1.165, 1.54) is 77.5 Å². The number of hydrogen-bond donors (Lipinski definition) is 0. The van der Waals surface area contributed by atoms with Gasteiger partial charge in [-0.05, 0) is 57.9 Å². The number of fused-ring (bicyclic) bond motifs is 1. The minimum absolute atomic E-state index is 0.818. The lowest BCUT2D eigenvalue weighted by Gasteiger charge is -2.43. The number of hydrogen-bond acceptors (Lipinski definition) is 2. The highest BCUT2D eigenvalue weighted by Gasteiger charge is 2.35. The summed E-state index contributed by atoms with van der Waals surface area (Å²) in [6, 6.07) is 1.70. The van der Waals surface area contributed by atoms with Gasteiger partial charge in [-0.1, -0.05) is 18.6 Å². The van der Waals surface area contributed by atoms with Gasteiger partial charge in [0.2, 0.25) is 0 Å².